The number of carboxylic acid groups (broad SMARTS) is 1. The lowest BCUT2D eigenvalue weighted by Crippen LogP contribution is -2.35. The minimum Gasteiger partial charge on any atom is -0.478 e. The van der Waals surface area contributed by atoms with Gasteiger partial charge in [0.15, 0.2) is 0 Å². The van der Waals surface area contributed by atoms with Crippen LogP contribution in [0.5, 0.6) is 0 Å². The summed E-state index contributed by atoms with van der Waals surface area (Å²) in [7, 11) is 0. The molecule has 1 aromatic heterocycles. The Kier molecular flexibility index (Phi) is 2.94. The highest BCUT2D eigenvalue weighted by molar-refractivity contribution is 5.94. The quantitative estimate of drug-likeness (QED) is 0.871. The molecule has 1 saturated carbocycles. The Hall–Kier alpha value is -1.58. The first-order valence-corrected chi connectivity index (χ1v) is 6.71. The van der Waals surface area contributed by atoms with Crippen LogP contribution >= 0.6 is 0 Å². The second-order valence-corrected chi connectivity index (χ2v) is 5.29. The molecule has 2 aliphatic rings. The lowest BCUT2D eigenvalue weighted by molar-refractivity contribution is 0.0697. The van der Waals surface area contributed by atoms with Crippen LogP contribution in [0.1, 0.15) is 42.5 Å². The zero-order valence-corrected chi connectivity index (χ0v) is 10.4. The van der Waals surface area contributed by atoms with Crippen molar-refractivity contribution in [2.24, 2.45) is 5.92 Å². The molecule has 2 heterocycles. The molecule has 1 aliphatic carbocycles. The molecule has 4 heteroatoms. The van der Waals surface area contributed by atoms with Crippen molar-refractivity contribution >= 4 is 11.7 Å². The number of fused-ring (bicyclic) bond motifs is 1. The molecule has 1 saturated heterocycles. The summed E-state index contributed by atoms with van der Waals surface area (Å²) < 4.78 is 0. The molecule has 0 amide bonds. The van der Waals surface area contributed by atoms with Crippen molar-refractivity contribution in [3.8, 4) is 0 Å². The van der Waals surface area contributed by atoms with Gasteiger partial charge >= 0.3 is 5.97 Å². The largest absolute Gasteiger partial charge is 0.478 e. The molecule has 0 spiro atoms. The van der Waals surface area contributed by atoms with E-state index in [0.717, 1.165) is 18.2 Å². The molecule has 4 nitrogen and oxygen atoms in total. The van der Waals surface area contributed by atoms with Crippen LogP contribution in [0, 0.1) is 5.92 Å². The van der Waals surface area contributed by atoms with Crippen LogP contribution in [0.25, 0.3) is 0 Å². The average Bonchev–Trinajstić information content (AvgIpc) is 2.82. The topological polar surface area (TPSA) is 53.4 Å². The van der Waals surface area contributed by atoms with E-state index in [1.165, 1.54) is 38.3 Å². The summed E-state index contributed by atoms with van der Waals surface area (Å²) in [6.45, 7) is 0.986. The summed E-state index contributed by atoms with van der Waals surface area (Å²) >= 11 is 0. The van der Waals surface area contributed by atoms with E-state index in [0.29, 0.717) is 11.6 Å². The Morgan fingerprint density at radius 1 is 1.33 bits per heavy atom. The Morgan fingerprint density at radius 3 is 3.00 bits per heavy atom. The van der Waals surface area contributed by atoms with Gasteiger partial charge in [-0.25, -0.2) is 4.79 Å². The maximum absolute atomic E-state index is 11.3. The number of hydrogen-bond acceptors (Lipinski definition) is 3. The van der Waals surface area contributed by atoms with Crippen LogP contribution < -0.4 is 4.90 Å². The number of nitrogens with zero attached hydrogens (tertiary/aromatic N) is 2. The summed E-state index contributed by atoms with van der Waals surface area (Å²) in [5.41, 5.74) is 1.19. The molecule has 1 N–H and O–H groups in total. The van der Waals surface area contributed by atoms with Gasteiger partial charge in [-0.05, 0) is 31.2 Å². The van der Waals surface area contributed by atoms with Crippen molar-refractivity contribution in [1.82, 2.24) is 4.98 Å². The van der Waals surface area contributed by atoms with Crippen molar-refractivity contribution in [2.45, 2.75) is 38.1 Å². The van der Waals surface area contributed by atoms with E-state index >= 15 is 0 Å². The number of rotatable bonds is 2. The number of aromatic nitrogens is 1. The first-order chi connectivity index (χ1) is 8.77. The molecule has 0 aromatic carbocycles. The van der Waals surface area contributed by atoms with Gasteiger partial charge in [0.05, 0.1) is 5.69 Å². The predicted molar refractivity (Wildman–Crippen MR) is 68.9 cm³/mol. The normalized spacial score (nSPS) is 27.0. The van der Waals surface area contributed by atoms with Gasteiger partial charge in [-0.2, -0.15) is 0 Å². The van der Waals surface area contributed by atoms with Gasteiger partial charge in [-0.1, -0.05) is 12.8 Å². The highest BCUT2D eigenvalue weighted by Gasteiger charge is 2.36. The number of carbonyl (C=O) groups is 1. The second kappa shape index (κ2) is 4.59. The van der Waals surface area contributed by atoms with E-state index in [9.17, 15) is 9.90 Å². The fourth-order valence-electron chi connectivity index (χ4n) is 3.51. The molecule has 2 fully saturated rings. The van der Waals surface area contributed by atoms with E-state index in [2.05, 4.69) is 9.88 Å². The molecule has 0 radical (unpaired) electrons. The molecule has 1 aliphatic heterocycles. The second-order valence-electron chi connectivity index (χ2n) is 5.29. The number of hydrogen-bond donors (Lipinski definition) is 1. The molecule has 3 rings (SSSR count). The Morgan fingerprint density at radius 2 is 2.17 bits per heavy atom. The maximum atomic E-state index is 11.3. The van der Waals surface area contributed by atoms with Crippen LogP contribution in [0.3, 0.4) is 0 Å². The zero-order chi connectivity index (χ0) is 12.5. The Labute approximate surface area is 107 Å². The standard InChI is InChI=1S/C14H18N2O2/c17-14(18)11-9-15-7-5-13(11)16-8-6-10-3-1-2-4-12(10)16/h5,7,9-10,12H,1-4,6,8H2,(H,17,18). The number of aromatic carboxylic acids is 1. The number of pyridine rings is 1. The van der Waals surface area contributed by atoms with E-state index < -0.39 is 5.97 Å². The Balaban J connectivity index is 1.93. The average molecular weight is 246 g/mol. The van der Waals surface area contributed by atoms with Gasteiger partial charge in [0, 0.05) is 25.0 Å². The number of anilines is 1. The fourth-order valence-corrected chi connectivity index (χ4v) is 3.51. The van der Waals surface area contributed by atoms with Gasteiger partial charge in [-0.15, -0.1) is 0 Å². The lowest BCUT2D eigenvalue weighted by Gasteiger charge is -2.33. The van der Waals surface area contributed by atoms with Gasteiger partial charge in [0.2, 0.25) is 0 Å². The van der Waals surface area contributed by atoms with Crippen LogP contribution in [0.4, 0.5) is 5.69 Å². The minimum atomic E-state index is -0.877. The van der Waals surface area contributed by atoms with Gasteiger partial charge in [0.25, 0.3) is 0 Å². The van der Waals surface area contributed by atoms with Crippen molar-refractivity contribution < 1.29 is 9.90 Å². The van der Waals surface area contributed by atoms with Crippen molar-refractivity contribution in [2.75, 3.05) is 11.4 Å². The monoisotopic (exact) mass is 246 g/mol. The fraction of sp³-hybridized carbons (Fsp3) is 0.571. The summed E-state index contributed by atoms with van der Waals surface area (Å²) in [6.07, 6.45) is 9.46. The van der Waals surface area contributed by atoms with Crippen molar-refractivity contribution in [3.63, 3.8) is 0 Å². The highest BCUT2D eigenvalue weighted by atomic mass is 16.4. The van der Waals surface area contributed by atoms with Gasteiger partial charge in [-0.3, -0.25) is 4.98 Å². The van der Waals surface area contributed by atoms with E-state index in [1.54, 1.807) is 6.20 Å². The predicted octanol–water partition coefficient (Wildman–Crippen LogP) is 2.55. The van der Waals surface area contributed by atoms with E-state index in [-0.39, 0.29) is 0 Å². The minimum absolute atomic E-state index is 0.337. The lowest BCUT2D eigenvalue weighted by atomic mass is 9.85. The Bertz CT molecular complexity index is 461. The summed E-state index contributed by atoms with van der Waals surface area (Å²) in [6, 6.07) is 2.39. The molecule has 2 unspecified atom stereocenters. The summed E-state index contributed by atoms with van der Waals surface area (Å²) in [5.74, 6) is -0.120. The number of carboxylic acids is 1. The van der Waals surface area contributed by atoms with E-state index in [4.69, 9.17) is 0 Å². The molecule has 18 heavy (non-hydrogen) atoms. The van der Waals surface area contributed by atoms with Gasteiger partial charge in [0.1, 0.15) is 5.56 Å². The van der Waals surface area contributed by atoms with Crippen molar-refractivity contribution in [3.05, 3.63) is 24.0 Å². The molecular weight excluding hydrogens is 228 g/mol. The summed E-state index contributed by atoms with van der Waals surface area (Å²) in [5, 5.41) is 9.26. The van der Waals surface area contributed by atoms with Crippen LogP contribution in [0.2, 0.25) is 0 Å². The van der Waals surface area contributed by atoms with Crippen LogP contribution in [-0.4, -0.2) is 28.6 Å². The van der Waals surface area contributed by atoms with E-state index in [1.807, 2.05) is 6.07 Å². The molecule has 1 aromatic rings. The van der Waals surface area contributed by atoms with Gasteiger partial charge < -0.3 is 10.0 Å². The zero-order valence-electron chi connectivity index (χ0n) is 10.4. The third-order valence-electron chi connectivity index (χ3n) is 4.35. The van der Waals surface area contributed by atoms with Crippen molar-refractivity contribution in [1.29, 1.82) is 0 Å². The van der Waals surface area contributed by atoms with Crippen LogP contribution in [0.15, 0.2) is 18.5 Å². The molecule has 0 bridgehead atoms. The molecule has 2 atom stereocenters. The summed E-state index contributed by atoms with van der Waals surface area (Å²) in [4.78, 5) is 17.5. The third kappa shape index (κ3) is 1.85. The first-order valence-electron chi connectivity index (χ1n) is 6.71. The molecule has 96 valence electrons. The SMILES string of the molecule is O=C(O)c1cnccc1N1CCC2CCCCC21. The first kappa shape index (κ1) is 11.5. The van der Waals surface area contributed by atoms with Crippen LogP contribution in [-0.2, 0) is 0 Å². The highest BCUT2D eigenvalue weighted by Crippen LogP contribution is 2.39. The smallest absolute Gasteiger partial charge is 0.339 e. The third-order valence-corrected chi connectivity index (χ3v) is 4.35. The molecular formula is C14H18N2O2. The maximum Gasteiger partial charge on any atom is 0.339 e.